The number of nitrogens with zero attached hydrogens (tertiary/aromatic N) is 3. The Bertz CT molecular complexity index is 927. The first kappa shape index (κ1) is 17.0. The van der Waals surface area contributed by atoms with Crippen LogP contribution in [0.3, 0.4) is 0 Å². The van der Waals surface area contributed by atoms with Gasteiger partial charge in [0.05, 0.1) is 11.0 Å². The maximum atomic E-state index is 9.04. The first-order valence-electron chi connectivity index (χ1n) is 8.00. The quantitative estimate of drug-likeness (QED) is 0.699. The molecule has 0 saturated heterocycles. The minimum atomic E-state index is -1.83. The van der Waals surface area contributed by atoms with E-state index in [2.05, 4.69) is 29.5 Å². The first-order chi connectivity index (χ1) is 12.0. The van der Waals surface area contributed by atoms with Crippen molar-refractivity contribution in [3.8, 4) is 11.8 Å². The third-order valence-electron chi connectivity index (χ3n) is 4.00. The maximum Gasteiger partial charge on any atom is 0.707 e. The molecule has 2 N–H and O–H groups in total. The SMILES string of the molecule is CC(C)c1cc2nc(C#N)ccc2n1Cc1ccc(OB(O)O)cc1. The van der Waals surface area contributed by atoms with Crippen molar-refractivity contribution in [1.82, 2.24) is 9.55 Å². The van der Waals surface area contributed by atoms with E-state index in [0.29, 0.717) is 23.9 Å². The second-order valence-corrected chi connectivity index (χ2v) is 6.11. The topological polar surface area (TPSA) is 91.3 Å². The van der Waals surface area contributed by atoms with Gasteiger partial charge in [-0.15, -0.1) is 0 Å². The summed E-state index contributed by atoms with van der Waals surface area (Å²) in [7, 11) is -1.83. The molecule has 0 amide bonds. The highest BCUT2D eigenvalue weighted by molar-refractivity contribution is 6.33. The Hall–Kier alpha value is -2.82. The normalized spacial score (nSPS) is 10.9. The molecule has 0 aliphatic carbocycles. The lowest BCUT2D eigenvalue weighted by molar-refractivity contribution is 0.288. The molecule has 0 aliphatic rings. The summed E-state index contributed by atoms with van der Waals surface area (Å²) in [4.78, 5) is 4.39. The number of aromatic nitrogens is 2. The van der Waals surface area contributed by atoms with Gasteiger partial charge in [0.15, 0.2) is 0 Å². The smallest absolute Gasteiger partial charge is 0.512 e. The van der Waals surface area contributed by atoms with Gasteiger partial charge in [0.2, 0.25) is 0 Å². The molecule has 2 heterocycles. The van der Waals surface area contributed by atoms with Crippen LogP contribution in [0.5, 0.6) is 5.75 Å². The van der Waals surface area contributed by atoms with E-state index in [1.807, 2.05) is 24.3 Å². The molecule has 126 valence electrons. The molecule has 0 radical (unpaired) electrons. The molecular weight excluding hydrogens is 317 g/mol. The number of pyridine rings is 1. The average molecular weight is 335 g/mol. The number of hydrogen-bond acceptors (Lipinski definition) is 5. The fraction of sp³-hybridized carbons (Fsp3) is 0.222. The highest BCUT2D eigenvalue weighted by atomic mass is 16.6. The van der Waals surface area contributed by atoms with Gasteiger partial charge in [0.1, 0.15) is 17.5 Å². The van der Waals surface area contributed by atoms with Gasteiger partial charge in [-0.1, -0.05) is 26.0 Å². The molecule has 0 aliphatic heterocycles. The zero-order valence-corrected chi connectivity index (χ0v) is 14.0. The molecule has 0 unspecified atom stereocenters. The van der Waals surface area contributed by atoms with Gasteiger partial charge in [0, 0.05) is 12.2 Å². The summed E-state index contributed by atoms with van der Waals surface area (Å²) in [6, 6.07) is 14.9. The van der Waals surface area contributed by atoms with Crippen LogP contribution < -0.4 is 4.65 Å². The number of rotatable bonds is 5. The van der Waals surface area contributed by atoms with E-state index in [1.165, 1.54) is 0 Å². The number of nitriles is 1. The second kappa shape index (κ2) is 6.97. The molecule has 0 bridgehead atoms. The molecule has 0 fully saturated rings. The van der Waals surface area contributed by atoms with E-state index in [4.69, 9.17) is 20.0 Å². The largest absolute Gasteiger partial charge is 0.707 e. The number of hydrogen-bond donors (Lipinski definition) is 2. The summed E-state index contributed by atoms with van der Waals surface area (Å²) >= 11 is 0. The van der Waals surface area contributed by atoms with Gasteiger partial charge in [-0.3, -0.25) is 0 Å². The minimum absolute atomic E-state index is 0.312. The van der Waals surface area contributed by atoms with Crippen molar-refractivity contribution in [2.24, 2.45) is 0 Å². The van der Waals surface area contributed by atoms with E-state index >= 15 is 0 Å². The number of benzene rings is 1. The van der Waals surface area contributed by atoms with Crippen LogP contribution in [0.25, 0.3) is 11.0 Å². The van der Waals surface area contributed by atoms with Gasteiger partial charge in [-0.25, -0.2) is 4.98 Å². The maximum absolute atomic E-state index is 9.04. The monoisotopic (exact) mass is 335 g/mol. The van der Waals surface area contributed by atoms with Crippen LogP contribution in [0.15, 0.2) is 42.5 Å². The van der Waals surface area contributed by atoms with E-state index in [0.717, 1.165) is 22.3 Å². The number of fused-ring (bicyclic) bond motifs is 1. The van der Waals surface area contributed by atoms with Crippen molar-refractivity contribution < 1.29 is 14.7 Å². The van der Waals surface area contributed by atoms with E-state index in [9.17, 15) is 0 Å². The van der Waals surface area contributed by atoms with Crippen LogP contribution in [0, 0.1) is 11.3 Å². The van der Waals surface area contributed by atoms with Crippen molar-refractivity contribution in [2.45, 2.75) is 26.3 Å². The van der Waals surface area contributed by atoms with E-state index in [1.54, 1.807) is 18.2 Å². The summed E-state index contributed by atoms with van der Waals surface area (Å²) < 4.78 is 7.01. The summed E-state index contributed by atoms with van der Waals surface area (Å²) in [5.41, 5.74) is 4.39. The Morgan fingerprint density at radius 1 is 1.20 bits per heavy atom. The second-order valence-electron chi connectivity index (χ2n) is 6.11. The van der Waals surface area contributed by atoms with Crippen LogP contribution >= 0.6 is 0 Å². The van der Waals surface area contributed by atoms with Crippen LogP contribution in [0.2, 0.25) is 0 Å². The van der Waals surface area contributed by atoms with Crippen LogP contribution in [-0.2, 0) is 6.54 Å². The Labute approximate surface area is 146 Å². The Balaban J connectivity index is 1.97. The summed E-state index contributed by atoms with van der Waals surface area (Å²) in [5.74, 6) is 0.701. The Kier molecular flexibility index (Phi) is 4.75. The lowest BCUT2D eigenvalue weighted by Crippen LogP contribution is -2.20. The zero-order valence-electron chi connectivity index (χ0n) is 14.0. The molecule has 6 nitrogen and oxygen atoms in total. The molecule has 1 aromatic carbocycles. The Morgan fingerprint density at radius 3 is 2.52 bits per heavy atom. The van der Waals surface area contributed by atoms with Crippen molar-refractivity contribution in [3.05, 3.63) is 59.4 Å². The van der Waals surface area contributed by atoms with Crippen molar-refractivity contribution in [2.75, 3.05) is 0 Å². The third-order valence-corrected chi connectivity index (χ3v) is 4.00. The molecule has 0 spiro atoms. The van der Waals surface area contributed by atoms with Gasteiger partial charge in [-0.2, -0.15) is 5.26 Å². The fourth-order valence-corrected chi connectivity index (χ4v) is 2.85. The molecule has 7 heteroatoms. The van der Waals surface area contributed by atoms with Gasteiger partial charge in [0.25, 0.3) is 0 Å². The molecule has 0 atom stereocenters. The fourth-order valence-electron chi connectivity index (χ4n) is 2.85. The highest BCUT2D eigenvalue weighted by Crippen LogP contribution is 2.26. The first-order valence-corrected chi connectivity index (χ1v) is 8.00. The van der Waals surface area contributed by atoms with Crippen LogP contribution in [0.4, 0.5) is 0 Å². The van der Waals surface area contributed by atoms with E-state index in [-0.39, 0.29) is 0 Å². The standard InChI is InChI=1S/C18H18BN3O3/c1-12(2)18-9-16-17(8-5-14(10-20)21-16)22(18)11-13-3-6-15(7-4-13)25-19(23)24/h3-9,12,23-24H,11H2,1-2H3. The van der Waals surface area contributed by atoms with E-state index < -0.39 is 7.32 Å². The lowest BCUT2D eigenvalue weighted by atomic mass is 10.1. The molecule has 3 aromatic rings. The lowest BCUT2D eigenvalue weighted by Gasteiger charge is -2.14. The van der Waals surface area contributed by atoms with Crippen LogP contribution in [0.1, 0.15) is 36.7 Å². The highest BCUT2D eigenvalue weighted by Gasteiger charge is 2.14. The van der Waals surface area contributed by atoms with Crippen LogP contribution in [-0.4, -0.2) is 26.9 Å². The minimum Gasteiger partial charge on any atom is -0.512 e. The molecular formula is C18H18BN3O3. The van der Waals surface area contributed by atoms with Crippen molar-refractivity contribution in [1.29, 1.82) is 5.26 Å². The van der Waals surface area contributed by atoms with Crippen molar-refractivity contribution >= 4 is 18.4 Å². The molecule has 0 saturated carbocycles. The molecule has 25 heavy (non-hydrogen) atoms. The average Bonchev–Trinajstić information content (AvgIpc) is 2.94. The molecule has 2 aromatic heterocycles. The van der Waals surface area contributed by atoms with Gasteiger partial charge >= 0.3 is 7.32 Å². The third kappa shape index (κ3) is 3.66. The summed E-state index contributed by atoms with van der Waals surface area (Å²) in [6.45, 7) is 4.89. The Morgan fingerprint density at radius 2 is 1.92 bits per heavy atom. The van der Waals surface area contributed by atoms with Gasteiger partial charge in [-0.05, 0) is 41.8 Å². The predicted octanol–water partition coefficient (Wildman–Crippen LogP) is 2.43. The molecule has 3 rings (SSSR count). The van der Waals surface area contributed by atoms with Crippen molar-refractivity contribution in [3.63, 3.8) is 0 Å². The van der Waals surface area contributed by atoms with Gasteiger partial charge < -0.3 is 19.3 Å². The predicted molar refractivity (Wildman–Crippen MR) is 94.9 cm³/mol. The summed E-state index contributed by atoms with van der Waals surface area (Å²) in [5, 5.41) is 26.7. The summed E-state index contributed by atoms with van der Waals surface area (Å²) in [6.07, 6.45) is 0. The zero-order chi connectivity index (χ0) is 18.0.